The van der Waals surface area contributed by atoms with Crippen molar-refractivity contribution in [3.05, 3.63) is 29.0 Å². The van der Waals surface area contributed by atoms with E-state index in [1.165, 1.54) is 18.4 Å². The smallest absolute Gasteiger partial charge is 0.0958 e. The van der Waals surface area contributed by atoms with Gasteiger partial charge in [0.05, 0.1) is 17.4 Å². The molecule has 1 aliphatic carbocycles. The first kappa shape index (κ1) is 11.2. The normalized spacial score (nSPS) is 15.6. The van der Waals surface area contributed by atoms with E-state index in [1.807, 2.05) is 12.4 Å². The lowest BCUT2D eigenvalue weighted by atomic mass is 10.3. The molecule has 3 rings (SSSR count). The molecule has 2 aromatic rings. The molecule has 0 saturated heterocycles. The van der Waals surface area contributed by atoms with Crippen molar-refractivity contribution in [1.29, 1.82) is 0 Å². The van der Waals surface area contributed by atoms with Crippen molar-refractivity contribution in [1.82, 2.24) is 14.9 Å². The average molecular weight is 294 g/mol. The second kappa shape index (κ2) is 4.78. The molecule has 0 amide bonds. The number of aromatic nitrogens is 2. The molecule has 0 radical (unpaired) electrons. The van der Waals surface area contributed by atoms with Crippen molar-refractivity contribution in [3.8, 4) is 0 Å². The van der Waals surface area contributed by atoms with Crippen LogP contribution in [0.25, 0.3) is 11.0 Å². The summed E-state index contributed by atoms with van der Waals surface area (Å²) in [5.74, 6) is 0. The number of para-hydroxylation sites is 1. The van der Waals surface area contributed by atoms with Crippen LogP contribution in [-0.4, -0.2) is 22.1 Å². The number of rotatable bonds is 5. The Bertz CT molecular complexity index is 516. The first-order chi connectivity index (χ1) is 8.34. The molecule has 4 heteroatoms. The molecule has 0 aliphatic heterocycles. The monoisotopic (exact) mass is 293 g/mol. The largest absolute Gasteiger partial charge is 0.330 e. The molecule has 1 saturated carbocycles. The van der Waals surface area contributed by atoms with E-state index in [2.05, 4.69) is 42.9 Å². The molecular weight excluding hydrogens is 278 g/mol. The summed E-state index contributed by atoms with van der Waals surface area (Å²) in [6.45, 7) is 2.13. The van der Waals surface area contributed by atoms with E-state index >= 15 is 0 Å². The Morgan fingerprint density at radius 2 is 2.29 bits per heavy atom. The fourth-order valence-corrected chi connectivity index (χ4v) is 2.68. The molecule has 0 atom stereocenters. The van der Waals surface area contributed by atoms with Gasteiger partial charge in [-0.25, -0.2) is 4.98 Å². The number of benzene rings is 1. The predicted octanol–water partition coefficient (Wildman–Crippen LogP) is 2.94. The Hall–Kier alpha value is -0.870. The molecule has 1 N–H and O–H groups in total. The van der Waals surface area contributed by atoms with E-state index in [0.717, 1.165) is 35.5 Å². The van der Waals surface area contributed by atoms with E-state index in [-0.39, 0.29) is 0 Å². The molecule has 1 aliphatic rings. The van der Waals surface area contributed by atoms with Gasteiger partial charge in [0.15, 0.2) is 0 Å². The third kappa shape index (κ3) is 2.53. The highest BCUT2D eigenvalue weighted by Crippen LogP contribution is 2.23. The lowest BCUT2D eigenvalue weighted by Crippen LogP contribution is -2.18. The first-order valence-electron chi connectivity index (χ1n) is 6.17. The fourth-order valence-electron chi connectivity index (χ4n) is 2.09. The van der Waals surface area contributed by atoms with Crippen LogP contribution in [0.2, 0.25) is 0 Å². The van der Waals surface area contributed by atoms with Gasteiger partial charge < -0.3 is 9.88 Å². The summed E-state index contributed by atoms with van der Waals surface area (Å²) >= 11 is 3.59. The molecule has 1 fully saturated rings. The number of nitrogens with zero attached hydrogens (tertiary/aromatic N) is 2. The lowest BCUT2D eigenvalue weighted by molar-refractivity contribution is 0.586. The summed E-state index contributed by atoms with van der Waals surface area (Å²) in [4.78, 5) is 4.42. The van der Waals surface area contributed by atoms with Gasteiger partial charge in [0, 0.05) is 17.1 Å². The van der Waals surface area contributed by atoms with Crippen LogP contribution >= 0.6 is 15.9 Å². The van der Waals surface area contributed by atoms with Crippen LogP contribution in [0.5, 0.6) is 0 Å². The number of fused-ring (bicyclic) bond motifs is 1. The third-order valence-corrected chi connectivity index (χ3v) is 3.81. The summed E-state index contributed by atoms with van der Waals surface area (Å²) in [7, 11) is 0. The zero-order chi connectivity index (χ0) is 11.7. The minimum absolute atomic E-state index is 0.807. The van der Waals surface area contributed by atoms with Crippen molar-refractivity contribution >= 4 is 27.0 Å². The summed E-state index contributed by atoms with van der Waals surface area (Å²) in [6.07, 6.45) is 5.81. The minimum atomic E-state index is 0.807. The van der Waals surface area contributed by atoms with Crippen LogP contribution in [0, 0.1) is 0 Å². The standard InChI is InChI=1S/C13H16BrN3/c14-11-3-1-4-12-13(11)17(9-16-12)8-2-7-15-10-5-6-10/h1,3-4,9-10,15H,2,5-8H2. The highest BCUT2D eigenvalue weighted by molar-refractivity contribution is 9.10. The summed E-state index contributed by atoms with van der Waals surface area (Å²) < 4.78 is 3.36. The Morgan fingerprint density at radius 1 is 1.41 bits per heavy atom. The number of nitrogens with one attached hydrogen (secondary N) is 1. The number of imidazole rings is 1. The fraction of sp³-hybridized carbons (Fsp3) is 0.462. The molecule has 90 valence electrons. The van der Waals surface area contributed by atoms with Crippen molar-refractivity contribution in [3.63, 3.8) is 0 Å². The van der Waals surface area contributed by atoms with Gasteiger partial charge in [-0.2, -0.15) is 0 Å². The molecule has 0 spiro atoms. The number of hydrogen-bond acceptors (Lipinski definition) is 2. The van der Waals surface area contributed by atoms with Crippen molar-refractivity contribution in [2.24, 2.45) is 0 Å². The zero-order valence-electron chi connectivity index (χ0n) is 9.69. The van der Waals surface area contributed by atoms with Crippen LogP contribution in [0.1, 0.15) is 19.3 Å². The first-order valence-corrected chi connectivity index (χ1v) is 6.96. The number of hydrogen-bond donors (Lipinski definition) is 1. The zero-order valence-corrected chi connectivity index (χ0v) is 11.3. The van der Waals surface area contributed by atoms with Crippen LogP contribution in [0.15, 0.2) is 29.0 Å². The Morgan fingerprint density at radius 3 is 3.12 bits per heavy atom. The summed E-state index contributed by atoms with van der Waals surface area (Å²) in [6, 6.07) is 6.96. The molecule has 3 nitrogen and oxygen atoms in total. The summed E-state index contributed by atoms with van der Waals surface area (Å²) in [5.41, 5.74) is 2.27. The van der Waals surface area contributed by atoms with Crippen LogP contribution in [-0.2, 0) is 6.54 Å². The van der Waals surface area contributed by atoms with Crippen molar-refractivity contribution < 1.29 is 0 Å². The highest BCUT2D eigenvalue weighted by Gasteiger charge is 2.19. The molecule has 0 unspecified atom stereocenters. The molecule has 1 aromatic carbocycles. The average Bonchev–Trinajstić information content (AvgIpc) is 3.05. The second-order valence-electron chi connectivity index (χ2n) is 4.63. The van der Waals surface area contributed by atoms with Crippen LogP contribution < -0.4 is 5.32 Å². The molecular formula is C13H16BrN3. The highest BCUT2D eigenvalue weighted by atomic mass is 79.9. The molecule has 1 heterocycles. The van der Waals surface area contributed by atoms with Gasteiger partial charge in [-0.1, -0.05) is 6.07 Å². The van der Waals surface area contributed by atoms with Crippen molar-refractivity contribution in [2.75, 3.05) is 6.54 Å². The van der Waals surface area contributed by atoms with E-state index in [0.29, 0.717) is 0 Å². The van der Waals surface area contributed by atoms with Gasteiger partial charge in [-0.05, 0) is 53.9 Å². The molecule has 0 bridgehead atoms. The summed E-state index contributed by atoms with van der Waals surface area (Å²) in [5, 5.41) is 3.54. The van der Waals surface area contributed by atoms with E-state index in [1.54, 1.807) is 0 Å². The topological polar surface area (TPSA) is 29.9 Å². The molecule has 17 heavy (non-hydrogen) atoms. The van der Waals surface area contributed by atoms with Gasteiger partial charge in [0.2, 0.25) is 0 Å². The Balaban J connectivity index is 1.67. The maximum Gasteiger partial charge on any atom is 0.0958 e. The van der Waals surface area contributed by atoms with E-state index in [4.69, 9.17) is 0 Å². The van der Waals surface area contributed by atoms with Crippen LogP contribution in [0.4, 0.5) is 0 Å². The quantitative estimate of drug-likeness (QED) is 0.859. The number of halogens is 1. The third-order valence-electron chi connectivity index (χ3n) is 3.18. The van der Waals surface area contributed by atoms with Gasteiger partial charge in [0.25, 0.3) is 0 Å². The molecule has 1 aromatic heterocycles. The number of aryl methyl sites for hydroxylation is 1. The van der Waals surface area contributed by atoms with E-state index < -0.39 is 0 Å². The lowest BCUT2D eigenvalue weighted by Gasteiger charge is -2.06. The minimum Gasteiger partial charge on any atom is -0.330 e. The maximum absolute atomic E-state index is 4.42. The maximum atomic E-state index is 4.42. The van der Waals surface area contributed by atoms with Gasteiger partial charge in [-0.3, -0.25) is 0 Å². The predicted molar refractivity (Wildman–Crippen MR) is 73.1 cm³/mol. The second-order valence-corrected chi connectivity index (χ2v) is 5.48. The van der Waals surface area contributed by atoms with Gasteiger partial charge in [0.1, 0.15) is 0 Å². The Kier molecular flexibility index (Phi) is 3.16. The van der Waals surface area contributed by atoms with Gasteiger partial charge >= 0.3 is 0 Å². The van der Waals surface area contributed by atoms with Gasteiger partial charge in [-0.15, -0.1) is 0 Å². The van der Waals surface area contributed by atoms with Crippen molar-refractivity contribution in [2.45, 2.75) is 31.8 Å². The Labute approximate surface area is 109 Å². The van der Waals surface area contributed by atoms with E-state index in [9.17, 15) is 0 Å². The SMILES string of the molecule is Brc1cccc2ncn(CCCNC3CC3)c12. The van der Waals surface area contributed by atoms with Crippen LogP contribution in [0.3, 0.4) is 0 Å².